The Morgan fingerprint density at radius 3 is 2.86 bits per heavy atom. The monoisotopic (exact) mass is 309 g/mol. The van der Waals surface area contributed by atoms with E-state index in [2.05, 4.69) is 9.84 Å². The second-order valence-corrected chi connectivity index (χ2v) is 4.71. The second kappa shape index (κ2) is 4.85. The molecule has 3 aromatic rings. The first-order chi connectivity index (χ1) is 10.0. The third kappa shape index (κ3) is 2.15. The van der Waals surface area contributed by atoms with E-state index in [1.54, 1.807) is 6.07 Å². The van der Waals surface area contributed by atoms with Crippen molar-refractivity contribution in [1.82, 2.24) is 14.2 Å². The molecule has 0 aliphatic rings. The van der Waals surface area contributed by atoms with E-state index >= 15 is 0 Å². The number of carbonyl (C=O) groups is 1. The fraction of sp³-hybridized carbons (Fsp3) is 0.154. The molecule has 0 aliphatic carbocycles. The Hall–Kier alpha value is -2.41. The van der Waals surface area contributed by atoms with Crippen LogP contribution in [0.1, 0.15) is 0 Å². The van der Waals surface area contributed by atoms with Crippen LogP contribution in [0.2, 0.25) is 5.28 Å². The van der Waals surface area contributed by atoms with E-state index in [1.165, 1.54) is 29.7 Å². The third-order valence-corrected chi connectivity index (χ3v) is 3.36. The van der Waals surface area contributed by atoms with Gasteiger partial charge in [0.2, 0.25) is 5.28 Å². The molecule has 0 atom stereocenters. The molecular weight excluding hydrogens is 301 g/mol. The predicted octanol–water partition coefficient (Wildman–Crippen LogP) is 1.61. The van der Waals surface area contributed by atoms with Crippen LogP contribution in [-0.2, 0) is 16.1 Å². The molecule has 0 amide bonds. The van der Waals surface area contributed by atoms with E-state index < -0.39 is 17.3 Å². The number of ether oxygens (including phenoxy) is 1. The highest BCUT2D eigenvalue weighted by atomic mass is 35.5. The van der Waals surface area contributed by atoms with Crippen LogP contribution >= 0.6 is 11.6 Å². The molecule has 0 spiro atoms. The summed E-state index contributed by atoms with van der Waals surface area (Å²) in [5, 5.41) is 4.45. The number of fused-ring (bicyclic) bond motifs is 3. The number of hydrogen-bond donors (Lipinski definition) is 0. The van der Waals surface area contributed by atoms with E-state index in [-0.39, 0.29) is 17.3 Å². The minimum absolute atomic E-state index is 0.0471. The molecule has 0 saturated carbocycles. The fourth-order valence-corrected chi connectivity index (χ4v) is 2.42. The van der Waals surface area contributed by atoms with Crippen molar-refractivity contribution in [3.05, 3.63) is 45.7 Å². The normalized spacial score (nSPS) is 11.2. The molecule has 21 heavy (non-hydrogen) atoms. The summed E-state index contributed by atoms with van der Waals surface area (Å²) >= 11 is 6.05. The van der Waals surface area contributed by atoms with Gasteiger partial charge in [-0.3, -0.25) is 14.0 Å². The van der Waals surface area contributed by atoms with Gasteiger partial charge in [-0.2, -0.15) is 0 Å². The SMILES string of the molecule is COC(=O)Cn1nc(Cl)n2c(cc3ccc(F)cc32)c1=O. The first kappa shape index (κ1) is 13.6. The Labute approximate surface area is 122 Å². The molecule has 0 N–H and O–H groups in total. The summed E-state index contributed by atoms with van der Waals surface area (Å²) in [6, 6.07) is 5.66. The zero-order chi connectivity index (χ0) is 15.1. The van der Waals surface area contributed by atoms with Gasteiger partial charge in [0.1, 0.15) is 17.9 Å². The van der Waals surface area contributed by atoms with Gasteiger partial charge in [0, 0.05) is 5.39 Å². The van der Waals surface area contributed by atoms with E-state index in [4.69, 9.17) is 11.6 Å². The van der Waals surface area contributed by atoms with Gasteiger partial charge in [0.25, 0.3) is 5.56 Å². The average Bonchev–Trinajstić information content (AvgIpc) is 2.83. The van der Waals surface area contributed by atoms with E-state index in [9.17, 15) is 14.0 Å². The molecule has 3 rings (SSSR count). The van der Waals surface area contributed by atoms with Gasteiger partial charge >= 0.3 is 5.97 Å². The lowest BCUT2D eigenvalue weighted by Gasteiger charge is -2.06. The van der Waals surface area contributed by atoms with Crippen LogP contribution in [0.15, 0.2) is 29.1 Å². The van der Waals surface area contributed by atoms with Crippen LogP contribution in [-0.4, -0.2) is 27.3 Å². The van der Waals surface area contributed by atoms with Gasteiger partial charge in [-0.05, 0) is 35.9 Å². The molecule has 8 heteroatoms. The summed E-state index contributed by atoms with van der Waals surface area (Å²) in [6.45, 7) is -0.346. The summed E-state index contributed by atoms with van der Waals surface area (Å²) in [5.41, 5.74) is 0.130. The minimum Gasteiger partial charge on any atom is -0.468 e. The maximum absolute atomic E-state index is 13.4. The van der Waals surface area contributed by atoms with Crippen LogP contribution < -0.4 is 5.56 Å². The van der Waals surface area contributed by atoms with Crippen molar-refractivity contribution in [2.75, 3.05) is 7.11 Å². The molecule has 6 nitrogen and oxygen atoms in total. The highest BCUT2D eigenvalue weighted by Gasteiger charge is 2.15. The number of aromatic nitrogens is 3. The number of methoxy groups -OCH3 is 1. The average molecular weight is 310 g/mol. The summed E-state index contributed by atoms with van der Waals surface area (Å²) in [4.78, 5) is 23.6. The van der Waals surface area contributed by atoms with Crippen molar-refractivity contribution < 1.29 is 13.9 Å². The maximum Gasteiger partial charge on any atom is 0.327 e. The Morgan fingerprint density at radius 2 is 2.14 bits per heavy atom. The number of hydrogen-bond acceptors (Lipinski definition) is 4. The van der Waals surface area contributed by atoms with Crippen molar-refractivity contribution in [3.8, 4) is 0 Å². The summed E-state index contributed by atoms with van der Waals surface area (Å²) < 4.78 is 20.1. The van der Waals surface area contributed by atoms with Crippen molar-refractivity contribution in [3.63, 3.8) is 0 Å². The molecule has 0 radical (unpaired) electrons. The van der Waals surface area contributed by atoms with Crippen LogP contribution in [0.25, 0.3) is 16.4 Å². The lowest BCUT2D eigenvalue weighted by molar-refractivity contribution is -0.141. The molecule has 0 bridgehead atoms. The van der Waals surface area contributed by atoms with Gasteiger partial charge in [0.15, 0.2) is 0 Å². The summed E-state index contributed by atoms with van der Waals surface area (Å²) in [7, 11) is 1.21. The lowest BCUT2D eigenvalue weighted by atomic mass is 10.2. The Bertz CT molecular complexity index is 932. The molecule has 0 saturated heterocycles. The Balaban J connectivity index is 2.34. The lowest BCUT2D eigenvalue weighted by Crippen LogP contribution is -2.29. The molecule has 2 heterocycles. The molecule has 108 valence electrons. The van der Waals surface area contributed by atoms with E-state index in [0.29, 0.717) is 10.9 Å². The Morgan fingerprint density at radius 1 is 1.38 bits per heavy atom. The number of halogens is 2. The maximum atomic E-state index is 13.4. The molecule has 1 aromatic carbocycles. The van der Waals surface area contributed by atoms with Crippen LogP contribution in [0.5, 0.6) is 0 Å². The van der Waals surface area contributed by atoms with Crippen LogP contribution in [0.4, 0.5) is 4.39 Å². The van der Waals surface area contributed by atoms with E-state index in [1.807, 2.05) is 0 Å². The number of nitrogens with zero attached hydrogens (tertiary/aromatic N) is 3. The van der Waals surface area contributed by atoms with Gasteiger partial charge in [-0.25, -0.2) is 9.07 Å². The first-order valence-electron chi connectivity index (χ1n) is 5.95. The Kier molecular flexibility index (Phi) is 3.13. The van der Waals surface area contributed by atoms with Crippen LogP contribution in [0, 0.1) is 5.82 Å². The smallest absolute Gasteiger partial charge is 0.327 e. The molecule has 0 fully saturated rings. The largest absolute Gasteiger partial charge is 0.468 e. The quantitative estimate of drug-likeness (QED) is 0.675. The van der Waals surface area contributed by atoms with Crippen molar-refractivity contribution in [1.29, 1.82) is 0 Å². The van der Waals surface area contributed by atoms with Gasteiger partial charge in [0.05, 0.1) is 12.6 Å². The van der Waals surface area contributed by atoms with Gasteiger partial charge < -0.3 is 4.74 Å². The van der Waals surface area contributed by atoms with E-state index in [0.717, 1.165) is 4.68 Å². The number of benzene rings is 1. The summed E-state index contributed by atoms with van der Waals surface area (Å²) in [6.07, 6.45) is 0. The minimum atomic E-state index is -0.618. The second-order valence-electron chi connectivity index (χ2n) is 4.38. The highest BCUT2D eigenvalue weighted by Crippen LogP contribution is 2.22. The van der Waals surface area contributed by atoms with Gasteiger partial charge in [-0.15, -0.1) is 5.10 Å². The molecular formula is C13H9ClFN3O3. The zero-order valence-corrected chi connectivity index (χ0v) is 11.6. The van der Waals surface area contributed by atoms with Crippen molar-refractivity contribution in [2.24, 2.45) is 0 Å². The molecule has 0 aliphatic heterocycles. The first-order valence-corrected chi connectivity index (χ1v) is 6.33. The van der Waals surface area contributed by atoms with Crippen molar-refractivity contribution >= 4 is 34.0 Å². The standard InChI is InChI=1S/C13H9ClFN3O3/c1-21-11(19)6-17-12(20)10-4-7-2-3-8(15)5-9(7)18(10)13(14)16-17/h2-5H,6H2,1H3. The number of carbonyl (C=O) groups excluding carboxylic acids is 1. The summed E-state index contributed by atoms with van der Waals surface area (Å²) in [5.74, 6) is -1.07. The van der Waals surface area contributed by atoms with Crippen LogP contribution in [0.3, 0.4) is 0 Å². The van der Waals surface area contributed by atoms with Gasteiger partial charge in [-0.1, -0.05) is 0 Å². The van der Waals surface area contributed by atoms with Crippen molar-refractivity contribution in [2.45, 2.75) is 6.54 Å². The fourth-order valence-electron chi connectivity index (χ4n) is 2.15. The molecule has 2 aromatic heterocycles. The molecule has 0 unspecified atom stereocenters. The third-order valence-electron chi connectivity index (χ3n) is 3.11. The zero-order valence-electron chi connectivity index (χ0n) is 10.8. The topological polar surface area (TPSA) is 65.6 Å². The highest BCUT2D eigenvalue weighted by molar-refractivity contribution is 6.29. The number of rotatable bonds is 2. The predicted molar refractivity (Wildman–Crippen MR) is 73.9 cm³/mol. The number of esters is 1.